The van der Waals surface area contributed by atoms with Crippen LogP contribution in [0.1, 0.15) is 5.56 Å². The summed E-state index contributed by atoms with van der Waals surface area (Å²) in [5.74, 6) is 0.767. The summed E-state index contributed by atoms with van der Waals surface area (Å²) in [6.07, 6.45) is 1.51. The molecule has 0 spiro atoms. The van der Waals surface area contributed by atoms with Gasteiger partial charge in [-0.1, -0.05) is 42.1 Å². The molecule has 3 heteroatoms. The van der Waals surface area contributed by atoms with Crippen LogP contribution in [0.2, 0.25) is 0 Å². The van der Waals surface area contributed by atoms with E-state index in [9.17, 15) is 4.39 Å². The summed E-state index contributed by atoms with van der Waals surface area (Å²) >= 11 is 1.11. The first kappa shape index (κ1) is 12.7. The molecule has 0 heterocycles. The Morgan fingerprint density at radius 1 is 1.06 bits per heavy atom. The van der Waals surface area contributed by atoms with E-state index in [0.717, 1.165) is 28.0 Å². The standard InChI is InChI=1S/C15H13FOS/c1-17-13-9-7-12(8-10-13)11-15(16)18-14-5-3-2-4-6-14/h2-11H,1H3. The fraction of sp³-hybridized carbons (Fsp3) is 0.0667. The highest BCUT2D eigenvalue weighted by atomic mass is 32.2. The molecule has 92 valence electrons. The van der Waals surface area contributed by atoms with Crippen LogP contribution in [0, 0.1) is 0 Å². The molecule has 0 fully saturated rings. The average Bonchev–Trinajstić information content (AvgIpc) is 2.40. The lowest BCUT2D eigenvalue weighted by Crippen LogP contribution is -1.81. The van der Waals surface area contributed by atoms with E-state index in [4.69, 9.17) is 4.74 Å². The number of halogens is 1. The fourth-order valence-corrected chi connectivity index (χ4v) is 2.18. The van der Waals surface area contributed by atoms with Gasteiger partial charge in [-0.05, 0) is 35.9 Å². The summed E-state index contributed by atoms with van der Waals surface area (Å²) in [5.41, 5.74) is 0.816. The van der Waals surface area contributed by atoms with E-state index in [1.165, 1.54) is 6.08 Å². The first-order chi connectivity index (χ1) is 8.78. The topological polar surface area (TPSA) is 9.23 Å². The summed E-state index contributed by atoms with van der Waals surface area (Å²) in [6, 6.07) is 16.7. The van der Waals surface area contributed by atoms with E-state index in [2.05, 4.69) is 0 Å². The Bertz CT molecular complexity index is 520. The van der Waals surface area contributed by atoms with Gasteiger partial charge in [-0.2, -0.15) is 4.39 Å². The molecule has 1 nitrogen and oxygen atoms in total. The molecule has 0 N–H and O–H groups in total. The van der Waals surface area contributed by atoms with Crippen LogP contribution >= 0.6 is 11.8 Å². The molecule has 0 aliphatic carbocycles. The number of hydrogen-bond acceptors (Lipinski definition) is 2. The maximum Gasteiger partial charge on any atom is 0.161 e. The highest BCUT2D eigenvalue weighted by Gasteiger charge is 1.99. The number of hydrogen-bond donors (Lipinski definition) is 0. The molecule has 2 aromatic carbocycles. The van der Waals surface area contributed by atoms with Gasteiger partial charge in [0, 0.05) is 4.90 Å². The Labute approximate surface area is 110 Å². The van der Waals surface area contributed by atoms with Crippen molar-refractivity contribution in [1.29, 1.82) is 0 Å². The van der Waals surface area contributed by atoms with E-state index in [1.807, 2.05) is 54.6 Å². The molecule has 0 unspecified atom stereocenters. The molecule has 18 heavy (non-hydrogen) atoms. The van der Waals surface area contributed by atoms with E-state index in [-0.39, 0.29) is 5.16 Å². The molecule has 0 aliphatic heterocycles. The van der Waals surface area contributed by atoms with Crippen molar-refractivity contribution in [2.24, 2.45) is 0 Å². The molecule has 0 aliphatic rings. The lowest BCUT2D eigenvalue weighted by molar-refractivity contribution is 0.415. The number of thioether (sulfide) groups is 1. The lowest BCUT2D eigenvalue weighted by Gasteiger charge is -2.00. The number of rotatable bonds is 4. The predicted octanol–water partition coefficient (Wildman–Crippen LogP) is 4.76. The van der Waals surface area contributed by atoms with Crippen molar-refractivity contribution in [3.05, 3.63) is 65.3 Å². The predicted molar refractivity (Wildman–Crippen MR) is 74.4 cm³/mol. The number of benzene rings is 2. The van der Waals surface area contributed by atoms with Crippen molar-refractivity contribution in [2.45, 2.75) is 4.90 Å². The number of methoxy groups -OCH3 is 1. The van der Waals surface area contributed by atoms with Gasteiger partial charge in [0.25, 0.3) is 0 Å². The minimum atomic E-state index is -0.230. The molecule has 0 atom stereocenters. The van der Waals surface area contributed by atoms with Crippen LogP contribution in [0.3, 0.4) is 0 Å². The van der Waals surface area contributed by atoms with Gasteiger partial charge in [0.1, 0.15) is 5.75 Å². The van der Waals surface area contributed by atoms with Crippen LogP contribution in [0.15, 0.2) is 64.7 Å². The zero-order valence-corrected chi connectivity index (χ0v) is 10.8. The summed E-state index contributed by atoms with van der Waals surface area (Å²) in [4.78, 5) is 0.889. The molecule has 0 aromatic heterocycles. The minimum Gasteiger partial charge on any atom is -0.497 e. The van der Waals surface area contributed by atoms with Crippen LogP contribution < -0.4 is 4.74 Å². The molecule has 0 radical (unpaired) electrons. The highest BCUT2D eigenvalue weighted by Crippen LogP contribution is 2.29. The maximum absolute atomic E-state index is 13.7. The normalized spacial score (nSPS) is 11.3. The van der Waals surface area contributed by atoms with Gasteiger partial charge in [0.15, 0.2) is 5.16 Å². The smallest absolute Gasteiger partial charge is 0.161 e. The van der Waals surface area contributed by atoms with Crippen molar-refractivity contribution in [2.75, 3.05) is 7.11 Å². The van der Waals surface area contributed by atoms with Gasteiger partial charge in [0.05, 0.1) is 7.11 Å². The van der Waals surface area contributed by atoms with Crippen LogP contribution in [-0.4, -0.2) is 7.11 Å². The Hall–Kier alpha value is -1.74. The maximum atomic E-state index is 13.7. The largest absolute Gasteiger partial charge is 0.497 e. The van der Waals surface area contributed by atoms with Crippen LogP contribution in [0.5, 0.6) is 5.75 Å². The molecular formula is C15H13FOS. The van der Waals surface area contributed by atoms with Gasteiger partial charge in [-0.3, -0.25) is 0 Å². The third kappa shape index (κ3) is 3.64. The fourth-order valence-electron chi connectivity index (χ4n) is 1.46. The number of ether oxygens (including phenoxy) is 1. The summed E-state index contributed by atoms with van der Waals surface area (Å²) in [7, 11) is 1.61. The second-order valence-electron chi connectivity index (χ2n) is 3.64. The summed E-state index contributed by atoms with van der Waals surface area (Å²) in [5, 5.41) is -0.230. The van der Waals surface area contributed by atoms with Gasteiger partial charge in [-0.25, -0.2) is 0 Å². The molecule has 0 saturated heterocycles. The van der Waals surface area contributed by atoms with E-state index >= 15 is 0 Å². The van der Waals surface area contributed by atoms with E-state index in [0.29, 0.717) is 0 Å². The van der Waals surface area contributed by atoms with Crippen molar-refractivity contribution in [1.82, 2.24) is 0 Å². The molecule has 2 aromatic rings. The quantitative estimate of drug-likeness (QED) is 0.733. The van der Waals surface area contributed by atoms with Crippen LogP contribution in [0.25, 0.3) is 6.08 Å². The second-order valence-corrected chi connectivity index (χ2v) is 4.70. The van der Waals surface area contributed by atoms with E-state index < -0.39 is 0 Å². The Morgan fingerprint density at radius 3 is 2.33 bits per heavy atom. The van der Waals surface area contributed by atoms with Gasteiger partial charge >= 0.3 is 0 Å². The van der Waals surface area contributed by atoms with Crippen LogP contribution in [-0.2, 0) is 0 Å². The first-order valence-electron chi connectivity index (χ1n) is 5.52. The van der Waals surface area contributed by atoms with Crippen molar-refractivity contribution in [3.8, 4) is 5.75 Å². The van der Waals surface area contributed by atoms with E-state index in [1.54, 1.807) is 7.11 Å². The Morgan fingerprint density at radius 2 is 1.72 bits per heavy atom. The zero-order chi connectivity index (χ0) is 12.8. The monoisotopic (exact) mass is 260 g/mol. The molecule has 0 saturated carbocycles. The average molecular weight is 260 g/mol. The Kier molecular flexibility index (Phi) is 4.42. The van der Waals surface area contributed by atoms with Crippen molar-refractivity contribution >= 4 is 17.8 Å². The minimum absolute atomic E-state index is 0.230. The third-order valence-electron chi connectivity index (χ3n) is 2.35. The molecular weight excluding hydrogens is 247 g/mol. The van der Waals surface area contributed by atoms with Crippen LogP contribution in [0.4, 0.5) is 4.39 Å². The molecule has 0 amide bonds. The van der Waals surface area contributed by atoms with Gasteiger partial charge in [0.2, 0.25) is 0 Å². The summed E-state index contributed by atoms with van der Waals surface area (Å²) < 4.78 is 18.8. The third-order valence-corrected chi connectivity index (χ3v) is 3.18. The van der Waals surface area contributed by atoms with Gasteiger partial charge in [-0.15, -0.1) is 0 Å². The highest BCUT2D eigenvalue weighted by molar-refractivity contribution is 8.03. The Balaban J connectivity index is 2.07. The van der Waals surface area contributed by atoms with Gasteiger partial charge < -0.3 is 4.74 Å². The zero-order valence-electron chi connectivity index (χ0n) is 9.97. The SMILES string of the molecule is COc1ccc(C=C(F)Sc2ccccc2)cc1. The molecule has 2 rings (SSSR count). The molecule has 0 bridgehead atoms. The van der Waals surface area contributed by atoms with Crippen molar-refractivity contribution < 1.29 is 9.13 Å². The second kappa shape index (κ2) is 6.26. The lowest BCUT2D eigenvalue weighted by atomic mass is 10.2. The van der Waals surface area contributed by atoms with Crippen molar-refractivity contribution in [3.63, 3.8) is 0 Å². The first-order valence-corrected chi connectivity index (χ1v) is 6.34. The summed E-state index contributed by atoms with van der Waals surface area (Å²) in [6.45, 7) is 0.